The number of aliphatic hydroxyl groups excluding tert-OH is 1. The summed E-state index contributed by atoms with van der Waals surface area (Å²) in [7, 11) is 0. The number of hydrogen-bond acceptors (Lipinski definition) is 3. The summed E-state index contributed by atoms with van der Waals surface area (Å²) in [5.41, 5.74) is -0.0982. The number of fused-ring (bicyclic) bond motifs is 2. The molecule has 0 aromatic rings. The fraction of sp³-hybridized carbons (Fsp3) is 0.933. The molecule has 0 spiro atoms. The van der Waals surface area contributed by atoms with Crippen LogP contribution in [0.25, 0.3) is 0 Å². The average molecular weight is 251 g/mol. The minimum absolute atomic E-state index is 0.0982. The number of nitrogens with zero attached hydrogens (tertiary/aromatic N) is 1. The molecule has 0 aromatic heterocycles. The van der Waals surface area contributed by atoms with Crippen molar-refractivity contribution < 1.29 is 9.90 Å². The maximum Gasteiger partial charge on any atom is 0.142 e. The summed E-state index contributed by atoms with van der Waals surface area (Å²) in [4.78, 5) is 14.9. The van der Waals surface area contributed by atoms with Crippen LogP contribution in [0.2, 0.25) is 0 Å². The molecular weight excluding hydrogens is 226 g/mol. The van der Waals surface area contributed by atoms with Crippen LogP contribution in [-0.2, 0) is 4.79 Å². The second-order valence-electron chi connectivity index (χ2n) is 7.19. The van der Waals surface area contributed by atoms with Crippen molar-refractivity contribution >= 4 is 5.78 Å². The van der Waals surface area contributed by atoms with E-state index in [0.717, 1.165) is 32.2 Å². The van der Waals surface area contributed by atoms with Gasteiger partial charge in [0.25, 0.3) is 0 Å². The van der Waals surface area contributed by atoms with Gasteiger partial charge >= 0.3 is 0 Å². The molecule has 2 saturated heterocycles. The van der Waals surface area contributed by atoms with Gasteiger partial charge in [-0.25, -0.2) is 0 Å². The van der Waals surface area contributed by atoms with Crippen molar-refractivity contribution in [1.82, 2.24) is 4.90 Å². The van der Waals surface area contributed by atoms with Crippen molar-refractivity contribution in [3.63, 3.8) is 0 Å². The maximum atomic E-state index is 12.3. The molecule has 0 amide bonds. The smallest absolute Gasteiger partial charge is 0.142 e. The molecule has 2 aliphatic heterocycles. The average Bonchev–Trinajstić information content (AvgIpc) is 2.68. The largest absolute Gasteiger partial charge is 0.393 e. The van der Waals surface area contributed by atoms with Crippen LogP contribution in [0.1, 0.15) is 52.4 Å². The fourth-order valence-corrected chi connectivity index (χ4v) is 4.31. The Morgan fingerprint density at radius 3 is 2.33 bits per heavy atom. The summed E-state index contributed by atoms with van der Waals surface area (Å²) in [6, 6.07) is 1.07. The van der Waals surface area contributed by atoms with E-state index in [2.05, 4.69) is 18.7 Å². The third-order valence-corrected chi connectivity index (χ3v) is 5.45. The molecular formula is C15H25NO2. The van der Waals surface area contributed by atoms with Crippen LogP contribution in [0.5, 0.6) is 0 Å². The van der Waals surface area contributed by atoms with E-state index in [1.165, 1.54) is 12.8 Å². The van der Waals surface area contributed by atoms with Crippen LogP contribution < -0.4 is 0 Å². The quantitative estimate of drug-likeness (QED) is 0.816. The van der Waals surface area contributed by atoms with E-state index in [4.69, 9.17) is 0 Å². The summed E-state index contributed by atoms with van der Waals surface area (Å²) < 4.78 is 0. The van der Waals surface area contributed by atoms with Crippen molar-refractivity contribution in [2.45, 2.75) is 70.6 Å². The minimum Gasteiger partial charge on any atom is -0.393 e. The van der Waals surface area contributed by atoms with Crippen LogP contribution in [0.15, 0.2) is 0 Å². The predicted octanol–water partition coefficient (Wildman–Crippen LogP) is 1.98. The molecule has 1 N–H and O–H groups in total. The highest BCUT2D eigenvalue weighted by Crippen LogP contribution is 2.41. The molecule has 2 heterocycles. The highest BCUT2D eigenvalue weighted by atomic mass is 16.3. The first-order valence-corrected chi connectivity index (χ1v) is 7.45. The molecule has 3 fully saturated rings. The highest BCUT2D eigenvalue weighted by Gasteiger charge is 2.45. The maximum absolute atomic E-state index is 12.3. The van der Waals surface area contributed by atoms with Gasteiger partial charge in [0.05, 0.1) is 6.10 Å². The first-order chi connectivity index (χ1) is 8.47. The number of piperidine rings is 1. The lowest BCUT2D eigenvalue weighted by Crippen LogP contribution is -2.47. The van der Waals surface area contributed by atoms with Crippen molar-refractivity contribution in [2.75, 3.05) is 6.54 Å². The van der Waals surface area contributed by atoms with E-state index in [1.807, 2.05) is 0 Å². The molecule has 3 rings (SSSR count). The summed E-state index contributed by atoms with van der Waals surface area (Å²) >= 11 is 0. The van der Waals surface area contributed by atoms with Gasteiger partial charge < -0.3 is 5.11 Å². The molecule has 102 valence electrons. The second kappa shape index (κ2) is 4.31. The molecule has 3 aliphatic rings. The molecule has 0 aromatic carbocycles. The van der Waals surface area contributed by atoms with Crippen LogP contribution in [0.4, 0.5) is 0 Å². The molecule has 3 unspecified atom stereocenters. The van der Waals surface area contributed by atoms with Crippen molar-refractivity contribution in [3.05, 3.63) is 0 Å². The van der Waals surface area contributed by atoms with Gasteiger partial charge in [-0.05, 0) is 38.5 Å². The zero-order valence-corrected chi connectivity index (χ0v) is 11.6. The summed E-state index contributed by atoms with van der Waals surface area (Å²) in [6.45, 7) is 5.12. The van der Waals surface area contributed by atoms with Gasteiger partial charge in [0, 0.05) is 30.0 Å². The molecule has 1 aliphatic carbocycles. The monoisotopic (exact) mass is 251 g/mol. The van der Waals surface area contributed by atoms with Gasteiger partial charge in [-0.15, -0.1) is 0 Å². The Morgan fingerprint density at radius 1 is 1.22 bits per heavy atom. The Hall–Kier alpha value is -0.410. The summed E-state index contributed by atoms with van der Waals surface area (Å²) in [5.74, 6) is 0.714. The SMILES string of the molecule is CC1(C)CCC(CN2C3CCC2CC(O)C3)C1=O. The molecule has 18 heavy (non-hydrogen) atoms. The first-order valence-electron chi connectivity index (χ1n) is 7.45. The number of aliphatic hydroxyl groups is 1. The van der Waals surface area contributed by atoms with Gasteiger partial charge in [0.15, 0.2) is 0 Å². The lowest BCUT2D eigenvalue weighted by atomic mass is 9.88. The summed E-state index contributed by atoms with van der Waals surface area (Å²) in [6.07, 6.45) is 6.27. The van der Waals surface area contributed by atoms with Crippen LogP contribution in [-0.4, -0.2) is 40.5 Å². The number of hydrogen-bond donors (Lipinski definition) is 1. The molecule has 2 bridgehead atoms. The predicted molar refractivity (Wildman–Crippen MR) is 70.3 cm³/mol. The van der Waals surface area contributed by atoms with E-state index in [9.17, 15) is 9.90 Å². The molecule has 3 nitrogen and oxygen atoms in total. The molecule has 3 atom stereocenters. The minimum atomic E-state index is -0.102. The van der Waals surface area contributed by atoms with Gasteiger partial charge in [0.2, 0.25) is 0 Å². The van der Waals surface area contributed by atoms with Crippen molar-refractivity contribution in [1.29, 1.82) is 0 Å². The number of ketones is 1. The van der Waals surface area contributed by atoms with Gasteiger partial charge in [-0.3, -0.25) is 9.69 Å². The topological polar surface area (TPSA) is 40.5 Å². The Kier molecular flexibility index (Phi) is 3.02. The Bertz CT molecular complexity index is 338. The highest BCUT2D eigenvalue weighted by molar-refractivity contribution is 5.88. The van der Waals surface area contributed by atoms with E-state index in [-0.39, 0.29) is 17.4 Å². The van der Waals surface area contributed by atoms with Gasteiger partial charge in [-0.1, -0.05) is 13.8 Å². The molecule has 1 saturated carbocycles. The zero-order valence-electron chi connectivity index (χ0n) is 11.6. The molecule has 0 radical (unpaired) electrons. The number of rotatable bonds is 2. The number of Topliss-reactive ketones (excluding diaryl/α,β-unsaturated/α-hetero) is 1. The van der Waals surface area contributed by atoms with Crippen LogP contribution in [0, 0.1) is 11.3 Å². The summed E-state index contributed by atoms with van der Waals surface area (Å²) in [5, 5.41) is 9.81. The Labute approximate surface area is 110 Å². The number of carbonyl (C=O) groups is 1. The van der Waals surface area contributed by atoms with Crippen LogP contribution in [0.3, 0.4) is 0 Å². The second-order valence-corrected chi connectivity index (χ2v) is 7.19. The van der Waals surface area contributed by atoms with E-state index < -0.39 is 0 Å². The van der Waals surface area contributed by atoms with Crippen molar-refractivity contribution in [2.24, 2.45) is 11.3 Å². The zero-order chi connectivity index (χ0) is 12.9. The lowest BCUT2D eigenvalue weighted by Gasteiger charge is -2.38. The third-order valence-electron chi connectivity index (χ3n) is 5.45. The van der Waals surface area contributed by atoms with Gasteiger partial charge in [0.1, 0.15) is 5.78 Å². The standard InChI is InChI=1S/C15H25NO2/c1-15(2)6-5-10(14(15)18)9-16-11-3-4-12(16)8-13(17)7-11/h10-13,17H,3-9H2,1-2H3. The van der Waals surface area contributed by atoms with E-state index in [0.29, 0.717) is 17.9 Å². The van der Waals surface area contributed by atoms with E-state index >= 15 is 0 Å². The first kappa shape index (κ1) is 12.6. The van der Waals surface area contributed by atoms with Crippen LogP contribution >= 0.6 is 0 Å². The Balaban J connectivity index is 1.66. The van der Waals surface area contributed by atoms with E-state index in [1.54, 1.807) is 0 Å². The Morgan fingerprint density at radius 2 is 1.83 bits per heavy atom. The third kappa shape index (κ3) is 2.01. The van der Waals surface area contributed by atoms with Crippen molar-refractivity contribution in [3.8, 4) is 0 Å². The lowest BCUT2D eigenvalue weighted by molar-refractivity contribution is -0.128. The molecule has 3 heteroatoms. The van der Waals surface area contributed by atoms with Gasteiger partial charge in [-0.2, -0.15) is 0 Å². The number of carbonyl (C=O) groups excluding carboxylic acids is 1. The normalized spacial score (nSPS) is 43.6. The fourth-order valence-electron chi connectivity index (χ4n) is 4.31.